The molecule has 1 aromatic rings. The van der Waals surface area contributed by atoms with Crippen LogP contribution in [0.3, 0.4) is 0 Å². The van der Waals surface area contributed by atoms with Gasteiger partial charge >= 0.3 is 0 Å². The normalized spacial score (nSPS) is 27.3. The monoisotopic (exact) mass is 320 g/mol. The van der Waals surface area contributed by atoms with Gasteiger partial charge in [0.2, 0.25) is 0 Å². The molecule has 2 bridgehead atoms. The molecule has 0 N–H and O–H groups in total. The summed E-state index contributed by atoms with van der Waals surface area (Å²) in [5.74, 6) is 1.43. The van der Waals surface area contributed by atoms with Crippen LogP contribution in [0.1, 0.15) is 54.4 Å². The van der Waals surface area contributed by atoms with Crippen LogP contribution in [0.15, 0.2) is 12.1 Å². The molecule has 2 aliphatic rings. The Morgan fingerprint density at radius 2 is 1.64 bits per heavy atom. The van der Waals surface area contributed by atoms with Crippen molar-refractivity contribution in [1.82, 2.24) is 0 Å². The SMILES string of the molecule is COc1cc(C)c(C(=O)P2C3CCCC2CCC3)c(OC)c1. The highest BCUT2D eigenvalue weighted by molar-refractivity contribution is 7.77. The Morgan fingerprint density at radius 1 is 1.05 bits per heavy atom. The van der Waals surface area contributed by atoms with Crippen molar-refractivity contribution < 1.29 is 14.3 Å². The molecule has 2 aliphatic heterocycles. The summed E-state index contributed by atoms with van der Waals surface area (Å²) < 4.78 is 10.8. The van der Waals surface area contributed by atoms with Crippen molar-refractivity contribution in [2.75, 3.05) is 14.2 Å². The molecule has 3 nitrogen and oxygen atoms in total. The Hall–Kier alpha value is -1.08. The fourth-order valence-electron chi connectivity index (χ4n) is 4.06. The maximum Gasteiger partial charge on any atom is 0.188 e. The van der Waals surface area contributed by atoms with E-state index >= 15 is 0 Å². The molecule has 2 fully saturated rings. The molecular weight excluding hydrogens is 295 g/mol. The highest BCUT2D eigenvalue weighted by Crippen LogP contribution is 2.61. The third kappa shape index (κ3) is 2.76. The van der Waals surface area contributed by atoms with Crippen molar-refractivity contribution in [2.24, 2.45) is 0 Å². The van der Waals surface area contributed by atoms with Crippen LogP contribution >= 0.6 is 7.92 Å². The zero-order chi connectivity index (χ0) is 15.7. The molecule has 120 valence electrons. The van der Waals surface area contributed by atoms with Crippen molar-refractivity contribution >= 4 is 13.4 Å². The lowest BCUT2D eigenvalue weighted by atomic mass is 9.99. The average Bonchev–Trinajstić information content (AvgIpc) is 2.52. The molecule has 0 aromatic heterocycles. The Bertz CT molecular complexity index is 548. The second kappa shape index (κ2) is 6.58. The van der Waals surface area contributed by atoms with Crippen LogP contribution in [0, 0.1) is 6.92 Å². The van der Waals surface area contributed by atoms with Crippen LogP contribution in [-0.4, -0.2) is 31.1 Å². The standard InChI is InChI=1S/C18H25O3P/c1-12-10-13(20-2)11-16(21-3)17(12)18(19)22-14-6-4-7-15(22)9-5-8-14/h10-11,14-15H,4-9H2,1-3H3. The van der Waals surface area contributed by atoms with E-state index < -0.39 is 7.92 Å². The maximum absolute atomic E-state index is 13.3. The first kappa shape index (κ1) is 15.8. The molecule has 22 heavy (non-hydrogen) atoms. The van der Waals surface area contributed by atoms with Crippen LogP contribution in [0.2, 0.25) is 0 Å². The number of carbonyl (C=O) groups excluding carboxylic acids is 1. The van der Waals surface area contributed by atoms with Crippen molar-refractivity contribution in [3.05, 3.63) is 23.3 Å². The molecular formula is C18H25O3P. The number of ether oxygens (including phenoxy) is 2. The van der Waals surface area contributed by atoms with Crippen molar-refractivity contribution in [3.8, 4) is 11.5 Å². The predicted octanol–water partition coefficient (Wildman–Crippen LogP) is 4.74. The fraction of sp³-hybridized carbons (Fsp3) is 0.611. The number of methoxy groups -OCH3 is 2. The number of benzene rings is 1. The third-order valence-corrected chi connectivity index (χ3v) is 8.41. The highest BCUT2D eigenvalue weighted by Gasteiger charge is 2.41. The summed E-state index contributed by atoms with van der Waals surface area (Å²) in [6.07, 6.45) is 7.58. The summed E-state index contributed by atoms with van der Waals surface area (Å²) in [5.41, 5.74) is 3.42. The van der Waals surface area contributed by atoms with Crippen LogP contribution in [-0.2, 0) is 0 Å². The lowest BCUT2D eigenvalue weighted by Crippen LogP contribution is -2.30. The van der Waals surface area contributed by atoms with E-state index in [0.29, 0.717) is 22.6 Å². The largest absolute Gasteiger partial charge is 0.497 e. The zero-order valence-electron chi connectivity index (χ0n) is 13.7. The van der Waals surface area contributed by atoms with E-state index in [4.69, 9.17) is 9.47 Å². The maximum atomic E-state index is 13.3. The predicted molar refractivity (Wildman–Crippen MR) is 90.8 cm³/mol. The van der Waals surface area contributed by atoms with Gasteiger partial charge in [-0.2, -0.15) is 0 Å². The van der Waals surface area contributed by atoms with E-state index in [1.54, 1.807) is 14.2 Å². The number of rotatable bonds is 4. The van der Waals surface area contributed by atoms with E-state index in [0.717, 1.165) is 16.9 Å². The first-order valence-electron chi connectivity index (χ1n) is 8.21. The first-order valence-corrected chi connectivity index (χ1v) is 9.69. The molecule has 0 unspecified atom stereocenters. The number of fused-ring (bicyclic) bond motifs is 2. The minimum absolute atomic E-state index is 0.362. The quantitative estimate of drug-likeness (QED) is 0.752. The summed E-state index contributed by atoms with van der Waals surface area (Å²) in [6.45, 7) is 1.99. The average molecular weight is 320 g/mol. The zero-order valence-corrected chi connectivity index (χ0v) is 14.6. The molecule has 2 saturated heterocycles. The third-order valence-electron chi connectivity index (χ3n) is 5.11. The van der Waals surface area contributed by atoms with Crippen molar-refractivity contribution in [2.45, 2.75) is 56.8 Å². The number of hydrogen-bond acceptors (Lipinski definition) is 3. The Kier molecular flexibility index (Phi) is 4.73. The molecule has 0 atom stereocenters. The summed E-state index contributed by atoms with van der Waals surface area (Å²) in [5, 5.41) is 0. The molecule has 2 heterocycles. The van der Waals surface area contributed by atoms with Gasteiger partial charge in [-0.15, -0.1) is 0 Å². The van der Waals surface area contributed by atoms with Gasteiger partial charge in [-0.3, -0.25) is 4.79 Å². The van der Waals surface area contributed by atoms with Gasteiger partial charge in [-0.1, -0.05) is 12.8 Å². The van der Waals surface area contributed by atoms with E-state index in [1.807, 2.05) is 19.1 Å². The molecule has 0 amide bonds. The summed E-state index contributed by atoms with van der Waals surface area (Å²) in [4.78, 5) is 13.3. The second-order valence-corrected chi connectivity index (χ2v) is 9.08. The molecule has 1 aromatic carbocycles. The molecule has 4 heteroatoms. The number of aryl methyl sites for hydroxylation is 1. The van der Waals surface area contributed by atoms with Crippen LogP contribution in [0.5, 0.6) is 11.5 Å². The van der Waals surface area contributed by atoms with Gasteiger partial charge in [0.05, 0.1) is 19.8 Å². The van der Waals surface area contributed by atoms with Crippen molar-refractivity contribution in [1.29, 1.82) is 0 Å². The molecule has 0 spiro atoms. The van der Waals surface area contributed by atoms with Crippen LogP contribution < -0.4 is 9.47 Å². The van der Waals surface area contributed by atoms with E-state index in [2.05, 4.69) is 0 Å². The van der Waals surface area contributed by atoms with Crippen molar-refractivity contribution in [3.63, 3.8) is 0 Å². The van der Waals surface area contributed by atoms with Gasteiger partial charge in [-0.25, -0.2) is 0 Å². The fourth-order valence-corrected chi connectivity index (χ4v) is 7.71. The van der Waals surface area contributed by atoms with Gasteiger partial charge in [0.25, 0.3) is 0 Å². The summed E-state index contributed by atoms with van der Waals surface area (Å²) in [7, 11) is 2.72. The Labute approximate surface area is 134 Å². The lowest BCUT2D eigenvalue weighted by molar-refractivity contribution is 0.107. The molecule has 3 rings (SSSR count). The highest BCUT2D eigenvalue weighted by atomic mass is 31.1. The van der Waals surface area contributed by atoms with Gasteiger partial charge in [0.15, 0.2) is 5.52 Å². The van der Waals surface area contributed by atoms with Gasteiger partial charge in [0, 0.05) is 6.07 Å². The van der Waals surface area contributed by atoms with E-state index in [1.165, 1.54) is 38.5 Å². The molecule has 0 radical (unpaired) electrons. The number of hydrogen-bond donors (Lipinski definition) is 0. The smallest absolute Gasteiger partial charge is 0.188 e. The summed E-state index contributed by atoms with van der Waals surface area (Å²) in [6, 6.07) is 3.79. The van der Waals surface area contributed by atoms with E-state index in [9.17, 15) is 4.79 Å². The Morgan fingerprint density at radius 3 is 2.14 bits per heavy atom. The molecule has 0 aliphatic carbocycles. The van der Waals surface area contributed by atoms with Crippen LogP contribution in [0.25, 0.3) is 0 Å². The van der Waals surface area contributed by atoms with Gasteiger partial charge in [-0.05, 0) is 63.5 Å². The topological polar surface area (TPSA) is 35.5 Å². The molecule has 0 saturated carbocycles. The first-order chi connectivity index (χ1) is 10.7. The lowest BCUT2D eigenvalue weighted by Gasteiger charge is -2.42. The Balaban J connectivity index is 1.98. The van der Waals surface area contributed by atoms with Crippen LogP contribution in [0.4, 0.5) is 0 Å². The summed E-state index contributed by atoms with van der Waals surface area (Å²) >= 11 is 0. The van der Waals surface area contributed by atoms with Gasteiger partial charge in [0.1, 0.15) is 11.5 Å². The minimum atomic E-state index is -0.559. The van der Waals surface area contributed by atoms with E-state index in [-0.39, 0.29) is 0 Å². The number of carbonyl (C=O) groups is 1. The minimum Gasteiger partial charge on any atom is -0.497 e. The second-order valence-electron chi connectivity index (χ2n) is 6.40. The van der Waals surface area contributed by atoms with Gasteiger partial charge < -0.3 is 9.47 Å².